The van der Waals surface area contributed by atoms with Crippen LogP contribution in [0, 0.1) is 5.92 Å². The van der Waals surface area contributed by atoms with Crippen LogP contribution in [-0.2, 0) is 27.7 Å². The Labute approximate surface area is 237 Å². The number of aliphatic carboxylic acids is 1. The lowest BCUT2D eigenvalue weighted by molar-refractivity contribution is -0.131. The van der Waals surface area contributed by atoms with E-state index in [9.17, 15) is 18.3 Å². The van der Waals surface area contributed by atoms with Crippen LogP contribution in [-0.4, -0.2) is 60.7 Å². The number of carbonyl (C=O) groups is 1. The van der Waals surface area contributed by atoms with Gasteiger partial charge in [0, 0.05) is 31.8 Å². The molecule has 0 aliphatic heterocycles. The van der Waals surface area contributed by atoms with Gasteiger partial charge >= 0.3 is 5.97 Å². The minimum Gasteiger partial charge on any atom is -0.478 e. The molecule has 7 nitrogen and oxygen atoms in total. The molecule has 0 heterocycles. The molecule has 8 heteroatoms. The second kappa shape index (κ2) is 12.5. The van der Waals surface area contributed by atoms with E-state index in [4.69, 9.17) is 5.11 Å². The first-order chi connectivity index (χ1) is 18.9. The largest absolute Gasteiger partial charge is 0.478 e. The third-order valence-electron chi connectivity index (χ3n) is 7.40. The average Bonchev–Trinajstić information content (AvgIpc) is 3.32. The van der Waals surface area contributed by atoms with E-state index >= 15 is 0 Å². The molecule has 1 aliphatic rings. The van der Waals surface area contributed by atoms with E-state index in [0.29, 0.717) is 17.0 Å². The molecular weight excluding hydrogens is 524 g/mol. The molecule has 0 amide bonds. The van der Waals surface area contributed by atoms with Crippen LogP contribution in [0.15, 0.2) is 83.8 Å². The van der Waals surface area contributed by atoms with Crippen molar-refractivity contribution in [3.63, 3.8) is 0 Å². The first-order valence-corrected chi connectivity index (χ1v) is 14.9. The predicted molar refractivity (Wildman–Crippen MR) is 158 cm³/mol. The van der Waals surface area contributed by atoms with Crippen LogP contribution in [0.5, 0.6) is 0 Å². The van der Waals surface area contributed by atoms with Crippen molar-refractivity contribution in [2.24, 2.45) is 5.92 Å². The number of sulfonamides is 1. The van der Waals surface area contributed by atoms with Gasteiger partial charge in [0.25, 0.3) is 0 Å². The van der Waals surface area contributed by atoms with E-state index in [-0.39, 0.29) is 23.5 Å². The quantitative estimate of drug-likeness (QED) is 0.279. The number of benzene rings is 3. The number of likely N-dealkylation sites (N-methyl/N-ethyl adjacent to an activating group) is 1. The number of fused-ring (bicyclic) bond motifs is 1. The zero-order valence-corrected chi connectivity index (χ0v) is 24.1. The van der Waals surface area contributed by atoms with Crippen LogP contribution in [0.2, 0.25) is 0 Å². The predicted octanol–water partition coefficient (Wildman–Crippen LogP) is 4.61. The average molecular weight is 563 g/mol. The Morgan fingerprint density at radius 2 is 1.65 bits per heavy atom. The van der Waals surface area contributed by atoms with Gasteiger partial charge < -0.3 is 15.5 Å². The van der Waals surface area contributed by atoms with E-state index < -0.39 is 22.1 Å². The number of carboxylic acids is 1. The van der Waals surface area contributed by atoms with Gasteiger partial charge in [-0.15, -0.1) is 0 Å². The maximum absolute atomic E-state index is 13.4. The van der Waals surface area contributed by atoms with Crippen molar-refractivity contribution >= 4 is 22.1 Å². The first kappa shape index (κ1) is 29.7. The van der Waals surface area contributed by atoms with Gasteiger partial charge in [0.1, 0.15) is 0 Å². The molecule has 40 heavy (non-hydrogen) atoms. The number of rotatable bonds is 12. The lowest BCUT2D eigenvalue weighted by Crippen LogP contribution is -2.47. The molecule has 0 fully saturated rings. The summed E-state index contributed by atoms with van der Waals surface area (Å²) in [6, 6.07) is 22.4. The fourth-order valence-corrected chi connectivity index (χ4v) is 6.70. The number of hydrogen-bond donors (Lipinski definition) is 3. The molecule has 1 atom stereocenters. The number of aliphatic hydroxyl groups excluding tert-OH is 1. The smallest absolute Gasteiger partial charge is 0.328 e. The van der Waals surface area contributed by atoms with Crippen molar-refractivity contribution in [2.45, 2.75) is 49.6 Å². The number of aliphatic hydroxyl groups is 1. The van der Waals surface area contributed by atoms with Gasteiger partial charge in [-0.2, -0.15) is 4.31 Å². The molecule has 3 aromatic rings. The fraction of sp³-hybridized carbons (Fsp3) is 0.344. The van der Waals surface area contributed by atoms with E-state index in [0.717, 1.165) is 30.9 Å². The van der Waals surface area contributed by atoms with Gasteiger partial charge in [0.2, 0.25) is 10.0 Å². The molecule has 0 spiro atoms. The van der Waals surface area contributed by atoms with Gasteiger partial charge in [-0.1, -0.05) is 54.6 Å². The van der Waals surface area contributed by atoms with E-state index in [1.165, 1.54) is 34.6 Å². The molecule has 4 rings (SSSR count). The Bertz CT molecular complexity index is 1460. The summed E-state index contributed by atoms with van der Waals surface area (Å²) >= 11 is 0. The normalized spacial score (nSPS) is 15.0. The zero-order chi connectivity index (χ0) is 28.9. The molecule has 0 saturated heterocycles. The van der Waals surface area contributed by atoms with E-state index in [1.807, 2.05) is 12.1 Å². The molecule has 3 N–H and O–H groups in total. The summed E-state index contributed by atoms with van der Waals surface area (Å²) in [5.74, 6) is -0.497. The standard InChI is InChI=1S/C32H38N2O5S/c1-32(2,20-24-17-25-9-4-5-10-26(25)18-24)33-21-29(35)22-34(3)40(38,39)30-13-7-12-28(19-30)27-11-6-8-23(16-27)14-15-31(36)37/h4-16,19,24,29,33,35H,17-18,20-22H2,1-3H3,(H,36,37). The van der Waals surface area contributed by atoms with Crippen LogP contribution >= 0.6 is 0 Å². The lowest BCUT2D eigenvalue weighted by Gasteiger charge is -2.31. The van der Waals surface area contributed by atoms with E-state index in [2.05, 4.69) is 43.4 Å². The van der Waals surface area contributed by atoms with Crippen molar-refractivity contribution in [2.75, 3.05) is 20.1 Å². The Balaban J connectivity index is 1.35. The van der Waals surface area contributed by atoms with Crippen LogP contribution in [0.4, 0.5) is 0 Å². The summed E-state index contributed by atoms with van der Waals surface area (Å²) in [5, 5.41) is 23.1. The number of hydrogen-bond acceptors (Lipinski definition) is 5. The van der Waals surface area contributed by atoms with Crippen molar-refractivity contribution in [1.29, 1.82) is 0 Å². The summed E-state index contributed by atoms with van der Waals surface area (Å²) in [6.07, 6.45) is 4.76. The highest BCUT2D eigenvalue weighted by Gasteiger charge is 2.29. The first-order valence-electron chi connectivity index (χ1n) is 13.5. The number of carboxylic acid groups (broad SMARTS) is 1. The Hall–Kier alpha value is -3.30. The molecule has 0 radical (unpaired) electrons. The molecule has 0 saturated carbocycles. The highest BCUT2D eigenvalue weighted by Crippen LogP contribution is 2.32. The Kier molecular flexibility index (Phi) is 9.26. The maximum atomic E-state index is 13.4. The van der Waals surface area contributed by atoms with Gasteiger partial charge in [0.15, 0.2) is 0 Å². The zero-order valence-electron chi connectivity index (χ0n) is 23.2. The highest BCUT2D eigenvalue weighted by atomic mass is 32.2. The Morgan fingerprint density at radius 1 is 1.02 bits per heavy atom. The summed E-state index contributed by atoms with van der Waals surface area (Å²) in [6.45, 7) is 4.49. The minimum atomic E-state index is -3.85. The van der Waals surface area contributed by atoms with Gasteiger partial charge in [-0.05, 0) is 91.1 Å². The molecule has 1 unspecified atom stereocenters. The number of β-amino-alcohol motifs (C(OH)–C–C–N with tert-alkyl or cyclic N) is 1. The third-order valence-corrected chi connectivity index (χ3v) is 9.22. The van der Waals surface area contributed by atoms with Crippen molar-refractivity contribution in [3.8, 4) is 11.1 Å². The number of nitrogens with zero attached hydrogens (tertiary/aromatic N) is 1. The monoisotopic (exact) mass is 562 g/mol. The van der Waals surface area contributed by atoms with Crippen molar-refractivity contribution < 1.29 is 23.4 Å². The van der Waals surface area contributed by atoms with Crippen LogP contribution in [0.3, 0.4) is 0 Å². The summed E-state index contributed by atoms with van der Waals surface area (Å²) in [5.41, 5.74) is 4.79. The minimum absolute atomic E-state index is 0.0417. The second-order valence-corrected chi connectivity index (χ2v) is 13.3. The van der Waals surface area contributed by atoms with Crippen molar-refractivity contribution in [3.05, 3.63) is 95.6 Å². The summed E-state index contributed by atoms with van der Waals surface area (Å²) in [4.78, 5) is 11.0. The summed E-state index contributed by atoms with van der Waals surface area (Å²) < 4.78 is 27.9. The van der Waals surface area contributed by atoms with Gasteiger partial charge in [0.05, 0.1) is 11.0 Å². The third kappa shape index (κ3) is 7.67. The Morgan fingerprint density at radius 3 is 2.30 bits per heavy atom. The maximum Gasteiger partial charge on any atom is 0.328 e. The lowest BCUT2D eigenvalue weighted by atomic mass is 9.88. The van der Waals surface area contributed by atoms with Crippen LogP contribution in [0.25, 0.3) is 17.2 Å². The second-order valence-electron chi connectivity index (χ2n) is 11.3. The SMILES string of the molecule is CN(CC(O)CNC(C)(C)CC1Cc2ccccc2C1)S(=O)(=O)c1cccc(-c2cccc(C=CC(=O)O)c2)c1. The van der Waals surface area contributed by atoms with Gasteiger partial charge in [-0.25, -0.2) is 13.2 Å². The highest BCUT2D eigenvalue weighted by molar-refractivity contribution is 7.89. The fourth-order valence-electron chi connectivity index (χ4n) is 5.45. The van der Waals surface area contributed by atoms with Crippen LogP contribution < -0.4 is 5.32 Å². The molecular formula is C32H38N2O5S. The summed E-state index contributed by atoms with van der Waals surface area (Å²) in [7, 11) is -2.37. The van der Waals surface area contributed by atoms with Crippen LogP contribution in [0.1, 0.15) is 37.0 Å². The van der Waals surface area contributed by atoms with Crippen molar-refractivity contribution in [1.82, 2.24) is 9.62 Å². The number of nitrogens with one attached hydrogen (secondary N) is 1. The topological polar surface area (TPSA) is 107 Å². The molecule has 0 bridgehead atoms. The molecule has 1 aliphatic carbocycles. The molecule has 212 valence electrons. The molecule has 0 aromatic heterocycles. The van der Waals surface area contributed by atoms with Gasteiger partial charge in [-0.3, -0.25) is 0 Å². The van der Waals surface area contributed by atoms with E-state index in [1.54, 1.807) is 30.3 Å². The molecule has 3 aromatic carbocycles.